The van der Waals surface area contributed by atoms with Gasteiger partial charge in [0.05, 0.1) is 5.60 Å². The van der Waals surface area contributed by atoms with Crippen LogP contribution in [-0.2, 0) is 5.60 Å². The lowest BCUT2D eigenvalue weighted by atomic mass is 9.90. The Kier molecular flexibility index (Phi) is 2.99. The van der Waals surface area contributed by atoms with Gasteiger partial charge in [0.1, 0.15) is 0 Å². The zero-order valence-corrected chi connectivity index (χ0v) is 9.02. The lowest BCUT2D eigenvalue weighted by Gasteiger charge is -2.24. The third kappa shape index (κ3) is 2.23. The summed E-state index contributed by atoms with van der Waals surface area (Å²) in [5.74, 6) is 0. The highest BCUT2D eigenvalue weighted by Gasteiger charge is 2.22. The van der Waals surface area contributed by atoms with Gasteiger partial charge in [-0.25, -0.2) is 0 Å². The third-order valence-corrected chi connectivity index (χ3v) is 2.70. The van der Waals surface area contributed by atoms with E-state index in [4.69, 9.17) is 11.6 Å². The van der Waals surface area contributed by atoms with Gasteiger partial charge in [-0.05, 0) is 43.5 Å². The molecule has 0 aliphatic rings. The van der Waals surface area contributed by atoms with Crippen LogP contribution in [0.15, 0.2) is 18.2 Å². The van der Waals surface area contributed by atoms with Crippen LogP contribution in [-0.4, -0.2) is 5.11 Å². The Bertz CT molecular complexity index is 305. The van der Waals surface area contributed by atoms with E-state index in [0.29, 0.717) is 11.4 Å². The molecule has 2 heteroatoms. The molecule has 0 saturated heterocycles. The zero-order valence-electron chi connectivity index (χ0n) is 8.26. The van der Waals surface area contributed by atoms with E-state index in [1.165, 1.54) is 0 Å². The number of rotatable bonds is 2. The highest BCUT2D eigenvalue weighted by Crippen LogP contribution is 2.29. The molecule has 13 heavy (non-hydrogen) atoms. The largest absolute Gasteiger partial charge is 0.385 e. The van der Waals surface area contributed by atoms with E-state index in [1.807, 2.05) is 39.0 Å². The van der Waals surface area contributed by atoms with Crippen LogP contribution in [0.25, 0.3) is 0 Å². The summed E-state index contributed by atoms with van der Waals surface area (Å²) in [4.78, 5) is 0. The van der Waals surface area contributed by atoms with Gasteiger partial charge < -0.3 is 5.11 Å². The SMILES string of the molecule is CC[C@](C)(O)c1cc(Cl)ccc1C. The van der Waals surface area contributed by atoms with Crippen LogP contribution in [0, 0.1) is 6.92 Å². The van der Waals surface area contributed by atoms with Gasteiger partial charge in [-0.1, -0.05) is 24.6 Å². The van der Waals surface area contributed by atoms with Crippen LogP contribution in [0.5, 0.6) is 0 Å². The molecule has 0 aliphatic carbocycles. The van der Waals surface area contributed by atoms with Crippen molar-refractivity contribution in [1.82, 2.24) is 0 Å². The summed E-state index contributed by atoms with van der Waals surface area (Å²) in [5.41, 5.74) is 1.23. The first-order valence-electron chi connectivity index (χ1n) is 4.46. The standard InChI is InChI=1S/C11H15ClO/c1-4-11(3,13)10-7-9(12)6-5-8(10)2/h5-7,13H,4H2,1-3H3/t11-/m0/s1. The summed E-state index contributed by atoms with van der Waals surface area (Å²) in [7, 11) is 0. The van der Waals surface area contributed by atoms with Crippen molar-refractivity contribution in [2.24, 2.45) is 0 Å². The van der Waals surface area contributed by atoms with Crippen LogP contribution >= 0.6 is 11.6 Å². The maximum Gasteiger partial charge on any atom is 0.0869 e. The molecule has 1 nitrogen and oxygen atoms in total. The molecule has 1 aromatic rings. The van der Waals surface area contributed by atoms with Gasteiger partial charge in [0.2, 0.25) is 0 Å². The van der Waals surface area contributed by atoms with Crippen molar-refractivity contribution in [2.75, 3.05) is 0 Å². The van der Waals surface area contributed by atoms with Gasteiger partial charge in [0, 0.05) is 5.02 Å². The van der Waals surface area contributed by atoms with Gasteiger partial charge in [-0.2, -0.15) is 0 Å². The third-order valence-electron chi connectivity index (χ3n) is 2.47. The summed E-state index contributed by atoms with van der Waals surface area (Å²) in [6.45, 7) is 5.75. The smallest absolute Gasteiger partial charge is 0.0869 e. The molecular formula is C11H15ClO. The molecule has 1 rings (SSSR count). The molecule has 0 aliphatic heterocycles. The number of hydrogen-bond donors (Lipinski definition) is 1. The zero-order chi connectivity index (χ0) is 10.1. The van der Waals surface area contributed by atoms with E-state index in [-0.39, 0.29) is 0 Å². The van der Waals surface area contributed by atoms with Crippen molar-refractivity contribution >= 4 is 11.6 Å². The Morgan fingerprint density at radius 2 is 2.08 bits per heavy atom. The fraction of sp³-hybridized carbons (Fsp3) is 0.455. The molecule has 0 unspecified atom stereocenters. The van der Waals surface area contributed by atoms with Gasteiger partial charge in [-0.3, -0.25) is 0 Å². The minimum Gasteiger partial charge on any atom is -0.385 e. The van der Waals surface area contributed by atoms with Crippen LogP contribution in [0.1, 0.15) is 31.4 Å². The van der Waals surface area contributed by atoms with Gasteiger partial charge in [-0.15, -0.1) is 0 Å². The van der Waals surface area contributed by atoms with Crippen molar-refractivity contribution in [2.45, 2.75) is 32.8 Å². The minimum atomic E-state index is -0.769. The average molecular weight is 199 g/mol. The van der Waals surface area contributed by atoms with Crippen LogP contribution in [0.2, 0.25) is 5.02 Å². The maximum absolute atomic E-state index is 10.0. The molecule has 0 aromatic heterocycles. The van der Waals surface area contributed by atoms with Crippen molar-refractivity contribution in [3.8, 4) is 0 Å². The molecule has 0 radical (unpaired) electrons. The summed E-state index contributed by atoms with van der Waals surface area (Å²) >= 11 is 5.87. The number of hydrogen-bond acceptors (Lipinski definition) is 1. The van der Waals surface area contributed by atoms with Crippen molar-refractivity contribution in [1.29, 1.82) is 0 Å². The maximum atomic E-state index is 10.0. The average Bonchev–Trinajstić information content (AvgIpc) is 2.09. The predicted octanol–water partition coefficient (Wildman–Crippen LogP) is 3.27. The summed E-state index contributed by atoms with van der Waals surface area (Å²) in [5, 5.41) is 10.7. The molecule has 1 aromatic carbocycles. The van der Waals surface area contributed by atoms with Gasteiger partial charge in [0.15, 0.2) is 0 Å². The Balaban J connectivity index is 3.20. The number of benzene rings is 1. The molecule has 0 saturated carbocycles. The summed E-state index contributed by atoms with van der Waals surface area (Å²) in [6, 6.07) is 5.61. The van der Waals surface area contributed by atoms with Crippen molar-refractivity contribution in [3.05, 3.63) is 34.3 Å². The number of halogens is 1. The topological polar surface area (TPSA) is 20.2 Å². The molecule has 1 N–H and O–H groups in total. The van der Waals surface area contributed by atoms with E-state index >= 15 is 0 Å². The predicted molar refractivity (Wildman–Crippen MR) is 56.1 cm³/mol. The first kappa shape index (κ1) is 10.6. The molecule has 72 valence electrons. The van der Waals surface area contributed by atoms with Crippen molar-refractivity contribution in [3.63, 3.8) is 0 Å². The Hall–Kier alpha value is -0.530. The van der Waals surface area contributed by atoms with Crippen molar-refractivity contribution < 1.29 is 5.11 Å². The Morgan fingerprint density at radius 3 is 2.62 bits per heavy atom. The van der Waals surface area contributed by atoms with Gasteiger partial charge in [0.25, 0.3) is 0 Å². The number of aliphatic hydroxyl groups is 1. The first-order valence-corrected chi connectivity index (χ1v) is 4.84. The Morgan fingerprint density at radius 1 is 1.46 bits per heavy atom. The van der Waals surface area contributed by atoms with E-state index in [2.05, 4.69) is 0 Å². The van der Waals surface area contributed by atoms with E-state index in [0.717, 1.165) is 11.1 Å². The second-order valence-electron chi connectivity index (χ2n) is 3.59. The normalized spacial score (nSPS) is 15.5. The van der Waals surface area contributed by atoms with Crippen LogP contribution in [0.4, 0.5) is 0 Å². The fourth-order valence-electron chi connectivity index (χ4n) is 1.36. The molecule has 0 spiro atoms. The monoisotopic (exact) mass is 198 g/mol. The van der Waals surface area contributed by atoms with Crippen LogP contribution in [0.3, 0.4) is 0 Å². The Labute approximate surface area is 84.4 Å². The molecular weight excluding hydrogens is 184 g/mol. The lowest BCUT2D eigenvalue weighted by Crippen LogP contribution is -2.20. The quantitative estimate of drug-likeness (QED) is 0.774. The molecule has 0 amide bonds. The second-order valence-corrected chi connectivity index (χ2v) is 4.02. The minimum absolute atomic E-state index is 0.675. The van der Waals surface area contributed by atoms with Gasteiger partial charge >= 0.3 is 0 Å². The van der Waals surface area contributed by atoms with E-state index in [1.54, 1.807) is 0 Å². The van der Waals surface area contributed by atoms with E-state index in [9.17, 15) is 5.11 Å². The lowest BCUT2D eigenvalue weighted by molar-refractivity contribution is 0.0524. The first-order chi connectivity index (χ1) is 5.97. The summed E-state index contributed by atoms with van der Waals surface area (Å²) in [6.07, 6.45) is 0.689. The van der Waals surface area contributed by atoms with E-state index < -0.39 is 5.60 Å². The molecule has 1 atom stereocenters. The number of aryl methyl sites for hydroxylation is 1. The highest BCUT2D eigenvalue weighted by molar-refractivity contribution is 6.30. The summed E-state index contributed by atoms with van der Waals surface area (Å²) < 4.78 is 0. The molecule has 0 heterocycles. The molecule has 0 bridgehead atoms. The second kappa shape index (κ2) is 3.69. The fourth-order valence-corrected chi connectivity index (χ4v) is 1.54. The molecule has 0 fully saturated rings. The highest BCUT2D eigenvalue weighted by atomic mass is 35.5. The van der Waals surface area contributed by atoms with Crippen LogP contribution < -0.4 is 0 Å².